The van der Waals surface area contributed by atoms with Crippen molar-refractivity contribution in [3.63, 3.8) is 0 Å². The summed E-state index contributed by atoms with van der Waals surface area (Å²) in [6.45, 7) is 12.1. The molecule has 1 aliphatic rings. The van der Waals surface area contributed by atoms with Gasteiger partial charge in [-0.2, -0.15) is 0 Å². The van der Waals surface area contributed by atoms with Crippen LogP contribution in [0.3, 0.4) is 0 Å². The molecule has 1 heterocycles. The molecule has 0 bridgehead atoms. The third-order valence-corrected chi connectivity index (χ3v) is 3.35. The van der Waals surface area contributed by atoms with Crippen LogP contribution >= 0.6 is 0 Å². The molecule has 2 atom stereocenters. The van der Waals surface area contributed by atoms with Gasteiger partial charge in [-0.3, -0.25) is 4.79 Å². The number of nitrogen functional groups attached to an aromatic ring is 1. The molecule has 114 valence electrons. The quantitative estimate of drug-likeness (QED) is 0.713. The fourth-order valence-corrected chi connectivity index (χ4v) is 1.97. The van der Waals surface area contributed by atoms with E-state index in [1.807, 2.05) is 59.9 Å². The molecule has 1 aromatic rings. The van der Waals surface area contributed by atoms with Crippen molar-refractivity contribution in [1.82, 2.24) is 4.90 Å². The first-order valence-corrected chi connectivity index (χ1v) is 7.44. The number of benzene rings is 1. The molecular weight excluding hydrogens is 250 g/mol. The summed E-state index contributed by atoms with van der Waals surface area (Å²) in [6.07, 6.45) is 0. The van der Waals surface area contributed by atoms with Gasteiger partial charge in [0.25, 0.3) is 5.91 Å². The van der Waals surface area contributed by atoms with Crippen LogP contribution < -0.4 is 11.1 Å². The van der Waals surface area contributed by atoms with Gasteiger partial charge in [0.15, 0.2) is 0 Å². The van der Waals surface area contributed by atoms with Crippen molar-refractivity contribution in [3.8, 4) is 0 Å². The van der Waals surface area contributed by atoms with E-state index in [4.69, 9.17) is 5.73 Å². The lowest BCUT2D eigenvalue weighted by Gasteiger charge is -2.26. The molecule has 4 heteroatoms. The van der Waals surface area contributed by atoms with Crippen LogP contribution in [-0.2, 0) is 0 Å². The summed E-state index contributed by atoms with van der Waals surface area (Å²) in [6, 6.07) is 5.74. The van der Waals surface area contributed by atoms with Crippen LogP contribution in [0.1, 0.15) is 51.9 Å². The Morgan fingerprint density at radius 2 is 1.70 bits per heavy atom. The molecule has 20 heavy (non-hydrogen) atoms. The first-order chi connectivity index (χ1) is 9.52. The number of likely N-dealkylation sites (N-methyl/N-ethyl adjacent to an activating group) is 1. The van der Waals surface area contributed by atoms with E-state index in [0.717, 1.165) is 5.69 Å². The second-order valence-corrected chi connectivity index (χ2v) is 4.36. The first kappa shape index (κ1) is 18.3. The maximum absolute atomic E-state index is 12.2. The predicted molar refractivity (Wildman–Crippen MR) is 88.2 cm³/mol. The summed E-state index contributed by atoms with van der Waals surface area (Å²) >= 11 is 0. The molecule has 4 nitrogen and oxygen atoms in total. The van der Waals surface area contributed by atoms with E-state index in [0.29, 0.717) is 11.3 Å². The van der Waals surface area contributed by atoms with Gasteiger partial charge in [-0.25, -0.2) is 0 Å². The highest BCUT2D eigenvalue weighted by molar-refractivity contribution is 6.03. The number of rotatable bonds is 0. The highest BCUT2D eigenvalue weighted by atomic mass is 16.2. The lowest BCUT2D eigenvalue weighted by molar-refractivity contribution is 0.0741. The van der Waals surface area contributed by atoms with Gasteiger partial charge >= 0.3 is 0 Å². The van der Waals surface area contributed by atoms with Crippen molar-refractivity contribution in [2.24, 2.45) is 0 Å². The Morgan fingerprint density at radius 3 is 2.25 bits per heavy atom. The number of nitrogens with one attached hydrogen (secondary N) is 1. The van der Waals surface area contributed by atoms with Gasteiger partial charge in [0.1, 0.15) is 0 Å². The number of amides is 1. The minimum absolute atomic E-state index is 0.0200. The van der Waals surface area contributed by atoms with Crippen molar-refractivity contribution < 1.29 is 4.79 Å². The molecule has 0 spiro atoms. The topological polar surface area (TPSA) is 58.4 Å². The van der Waals surface area contributed by atoms with Crippen molar-refractivity contribution in [2.45, 2.75) is 53.6 Å². The Hall–Kier alpha value is -1.71. The third-order valence-electron chi connectivity index (χ3n) is 3.35. The van der Waals surface area contributed by atoms with Crippen LogP contribution in [0, 0.1) is 0 Å². The zero-order valence-electron chi connectivity index (χ0n) is 13.8. The highest BCUT2D eigenvalue weighted by Gasteiger charge is 2.29. The van der Waals surface area contributed by atoms with E-state index in [-0.39, 0.29) is 18.0 Å². The minimum Gasteiger partial charge on any atom is -0.397 e. The van der Waals surface area contributed by atoms with Crippen molar-refractivity contribution in [3.05, 3.63) is 23.8 Å². The lowest BCUT2D eigenvalue weighted by Crippen LogP contribution is -2.41. The number of anilines is 2. The molecule has 0 aliphatic carbocycles. The van der Waals surface area contributed by atoms with Crippen LogP contribution in [-0.4, -0.2) is 29.9 Å². The molecule has 0 aromatic heterocycles. The van der Waals surface area contributed by atoms with E-state index >= 15 is 0 Å². The highest BCUT2D eigenvalue weighted by Crippen LogP contribution is 2.29. The van der Waals surface area contributed by atoms with Crippen molar-refractivity contribution >= 4 is 17.3 Å². The molecule has 2 unspecified atom stereocenters. The molecule has 0 saturated heterocycles. The van der Waals surface area contributed by atoms with Crippen LogP contribution in [0.25, 0.3) is 0 Å². The van der Waals surface area contributed by atoms with E-state index in [2.05, 4.69) is 12.2 Å². The standard InChI is InChI=1S/C12H17N3O.2C2H6/c1-7-8(2)15(3)12(16)9-5-4-6-10(13)11(9)14-7;2*1-2/h4-8,14H,13H2,1-3H3;2*1-2H3. The van der Waals surface area contributed by atoms with Crippen LogP contribution in [0.2, 0.25) is 0 Å². The second-order valence-electron chi connectivity index (χ2n) is 4.36. The van der Waals surface area contributed by atoms with Gasteiger partial charge in [-0.15, -0.1) is 0 Å². The third kappa shape index (κ3) is 3.65. The van der Waals surface area contributed by atoms with E-state index in [1.165, 1.54) is 0 Å². The molecule has 1 aliphatic heterocycles. The maximum Gasteiger partial charge on any atom is 0.256 e. The zero-order chi connectivity index (χ0) is 15.9. The number of carbonyl (C=O) groups excluding carboxylic acids is 1. The monoisotopic (exact) mass is 279 g/mol. The van der Waals surface area contributed by atoms with Crippen LogP contribution in [0.5, 0.6) is 0 Å². The average molecular weight is 279 g/mol. The zero-order valence-corrected chi connectivity index (χ0v) is 13.8. The van der Waals surface area contributed by atoms with Gasteiger partial charge in [-0.1, -0.05) is 33.8 Å². The second kappa shape index (κ2) is 8.46. The van der Waals surface area contributed by atoms with Gasteiger partial charge in [-0.05, 0) is 26.0 Å². The van der Waals surface area contributed by atoms with Crippen molar-refractivity contribution in [1.29, 1.82) is 0 Å². The van der Waals surface area contributed by atoms with Crippen LogP contribution in [0.4, 0.5) is 11.4 Å². The summed E-state index contributed by atoms with van der Waals surface area (Å²) in [5, 5.41) is 3.31. The first-order valence-electron chi connectivity index (χ1n) is 7.44. The predicted octanol–water partition coefficient (Wildman–Crippen LogP) is 3.60. The Bertz CT molecular complexity index is 432. The molecule has 2 rings (SSSR count). The Kier molecular flexibility index (Phi) is 7.74. The van der Waals surface area contributed by atoms with Gasteiger partial charge in [0, 0.05) is 19.1 Å². The number of hydrogen-bond acceptors (Lipinski definition) is 3. The van der Waals surface area contributed by atoms with Gasteiger partial charge in [0.2, 0.25) is 0 Å². The average Bonchev–Trinajstić information content (AvgIpc) is 2.57. The molecule has 0 fully saturated rings. The van der Waals surface area contributed by atoms with Gasteiger partial charge in [0.05, 0.1) is 16.9 Å². The molecular formula is C16H29N3O. The largest absolute Gasteiger partial charge is 0.397 e. The molecule has 0 saturated carbocycles. The summed E-state index contributed by atoms with van der Waals surface area (Å²) in [5.41, 5.74) is 7.93. The SMILES string of the molecule is CC.CC.CC1Nc2c(N)cccc2C(=O)N(C)C1C. The molecule has 1 aromatic carbocycles. The Balaban J connectivity index is 0.000000829. The summed E-state index contributed by atoms with van der Waals surface area (Å²) in [7, 11) is 1.82. The number of nitrogens with zero attached hydrogens (tertiary/aromatic N) is 1. The smallest absolute Gasteiger partial charge is 0.256 e. The Morgan fingerprint density at radius 1 is 1.15 bits per heavy atom. The fraction of sp³-hybridized carbons (Fsp3) is 0.562. The minimum atomic E-state index is 0.0200. The number of carbonyl (C=O) groups is 1. The molecule has 1 amide bonds. The normalized spacial score (nSPS) is 20.4. The molecule has 3 N–H and O–H groups in total. The lowest BCUT2D eigenvalue weighted by atomic mass is 10.1. The summed E-state index contributed by atoms with van der Waals surface area (Å²) in [4.78, 5) is 13.9. The number of para-hydroxylation sites is 1. The van der Waals surface area contributed by atoms with Crippen LogP contribution in [0.15, 0.2) is 18.2 Å². The van der Waals surface area contributed by atoms with E-state index in [1.54, 1.807) is 4.90 Å². The van der Waals surface area contributed by atoms with E-state index < -0.39 is 0 Å². The number of hydrogen-bond donors (Lipinski definition) is 2. The van der Waals surface area contributed by atoms with Gasteiger partial charge < -0.3 is 16.0 Å². The maximum atomic E-state index is 12.2. The summed E-state index contributed by atoms with van der Waals surface area (Å²) < 4.78 is 0. The number of fused-ring (bicyclic) bond motifs is 1. The summed E-state index contributed by atoms with van der Waals surface area (Å²) in [5.74, 6) is 0.0200. The van der Waals surface area contributed by atoms with E-state index in [9.17, 15) is 4.79 Å². The Labute approximate surface area is 123 Å². The fourth-order valence-electron chi connectivity index (χ4n) is 1.97. The molecule has 0 radical (unpaired) electrons. The number of nitrogens with two attached hydrogens (primary N) is 1. The van der Waals surface area contributed by atoms with Crippen molar-refractivity contribution in [2.75, 3.05) is 18.1 Å².